The smallest absolute Gasteiger partial charge is 0.245 e. The molecule has 3 heterocycles. The van der Waals surface area contributed by atoms with E-state index in [1.165, 1.54) is 0 Å². The molecular weight excluding hydrogens is 373 g/mol. The molecular formula is C20H22FN7O. The molecule has 1 saturated heterocycles. The lowest BCUT2D eigenvalue weighted by molar-refractivity contribution is 0.122. The van der Waals surface area contributed by atoms with Gasteiger partial charge in [-0.3, -0.25) is 0 Å². The number of aryl methyl sites for hydroxylation is 1. The number of halogens is 1. The number of nitrogens with zero attached hydrogens (tertiary/aromatic N) is 6. The lowest BCUT2D eigenvalue weighted by Gasteiger charge is -2.27. The maximum Gasteiger partial charge on any atom is 0.245 e. The lowest BCUT2D eigenvalue weighted by atomic mass is 10.2. The summed E-state index contributed by atoms with van der Waals surface area (Å²) in [6.45, 7) is 6.20. The number of morpholine rings is 1. The van der Waals surface area contributed by atoms with E-state index in [0.29, 0.717) is 26.3 Å². The van der Waals surface area contributed by atoms with Crippen LogP contribution in [-0.2, 0) is 4.74 Å². The van der Waals surface area contributed by atoms with E-state index in [2.05, 4.69) is 25.6 Å². The molecule has 0 saturated carbocycles. The number of hydrogen-bond donors (Lipinski definition) is 1. The van der Waals surface area contributed by atoms with Gasteiger partial charge in [0.1, 0.15) is 0 Å². The maximum absolute atomic E-state index is 14.1. The van der Waals surface area contributed by atoms with Gasteiger partial charge in [-0.15, -0.1) is 0 Å². The van der Waals surface area contributed by atoms with E-state index in [4.69, 9.17) is 4.74 Å². The first-order valence-corrected chi connectivity index (χ1v) is 9.39. The number of benzene rings is 1. The van der Waals surface area contributed by atoms with Crippen molar-refractivity contribution in [1.82, 2.24) is 19.7 Å². The first-order chi connectivity index (χ1) is 14.1. The SMILES string of the molecule is Cc1nn(-c2ccccc2)c(C)c1/C=N\Nc1ncc(F)c(N2CCOCC2)n1. The predicted octanol–water partition coefficient (Wildman–Crippen LogP) is 2.70. The van der Waals surface area contributed by atoms with Crippen LogP contribution in [0.25, 0.3) is 5.69 Å². The summed E-state index contributed by atoms with van der Waals surface area (Å²) in [7, 11) is 0. The maximum atomic E-state index is 14.1. The van der Waals surface area contributed by atoms with Crippen molar-refractivity contribution in [2.45, 2.75) is 13.8 Å². The number of hydrogen-bond acceptors (Lipinski definition) is 7. The Morgan fingerprint density at radius 1 is 1.17 bits per heavy atom. The van der Waals surface area contributed by atoms with Gasteiger partial charge in [0.2, 0.25) is 5.95 Å². The van der Waals surface area contributed by atoms with Crippen molar-refractivity contribution in [2.24, 2.45) is 5.10 Å². The fourth-order valence-electron chi connectivity index (χ4n) is 3.23. The summed E-state index contributed by atoms with van der Waals surface area (Å²) < 4.78 is 21.3. The molecule has 1 N–H and O–H groups in total. The fraction of sp³-hybridized carbons (Fsp3) is 0.300. The van der Waals surface area contributed by atoms with Crippen LogP contribution in [0.5, 0.6) is 0 Å². The Labute approximate surface area is 168 Å². The molecule has 0 atom stereocenters. The Morgan fingerprint density at radius 2 is 1.93 bits per heavy atom. The molecule has 0 amide bonds. The second kappa shape index (κ2) is 8.36. The van der Waals surface area contributed by atoms with Crippen LogP contribution in [0, 0.1) is 19.7 Å². The van der Waals surface area contributed by atoms with Crippen LogP contribution in [0.2, 0.25) is 0 Å². The largest absolute Gasteiger partial charge is 0.378 e. The molecule has 1 aromatic carbocycles. The van der Waals surface area contributed by atoms with Crippen LogP contribution in [0.4, 0.5) is 16.2 Å². The van der Waals surface area contributed by atoms with Gasteiger partial charge in [-0.25, -0.2) is 19.5 Å². The molecule has 3 aromatic rings. The molecule has 8 nitrogen and oxygen atoms in total. The monoisotopic (exact) mass is 395 g/mol. The van der Waals surface area contributed by atoms with Gasteiger partial charge in [-0.1, -0.05) is 18.2 Å². The van der Waals surface area contributed by atoms with Gasteiger partial charge in [0.25, 0.3) is 0 Å². The summed E-state index contributed by atoms with van der Waals surface area (Å²) in [6, 6.07) is 9.91. The Kier molecular flexibility index (Phi) is 5.48. The molecule has 0 unspecified atom stereocenters. The second-order valence-electron chi connectivity index (χ2n) is 6.67. The highest BCUT2D eigenvalue weighted by molar-refractivity contribution is 5.83. The molecule has 1 aliphatic heterocycles. The number of ether oxygens (including phenoxy) is 1. The minimum absolute atomic E-state index is 0.231. The molecule has 0 bridgehead atoms. The summed E-state index contributed by atoms with van der Waals surface area (Å²) in [5.41, 5.74) is 6.49. The molecule has 4 rings (SSSR count). The van der Waals surface area contributed by atoms with Gasteiger partial charge in [0, 0.05) is 18.7 Å². The standard InChI is InChI=1S/C20H22FN7O/c1-14-17(15(2)28(26-14)16-6-4-3-5-7-16)12-23-25-20-22-13-18(21)19(24-20)27-8-10-29-11-9-27/h3-7,12-13H,8-11H2,1-2H3,(H,22,24,25)/b23-12-. The molecule has 1 aliphatic rings. The number of nitrogens with one attached hydrogen (secondary N) is 1. The van der Waals surface area contributed by atoms with Gasteiger partial charge in [-0.05, 0) is 26.0 Å². The number of aromatic nitrogens is 4. The van der Waals surface area contributed by atoms with E-state index < -0.39 is 5.82 Å². The van der Waals surface area contributed by atoms with Crippen LogP contribution in [0.15, 0.2) is 41.6 Å². The van der Waals surface area contributed by atoms with E-state index in [9.17, 15) is 4.39 Å². The quantitative estimate of drug-likeness (QED) is 0.529. The average molecular weight is 395 g/mol. The number of anilines is 2. The molecule has 0 radical (unpaired) electrons. The molecule has 9 heteroatoms. The van der Waals surface area contributed by atoms with Crippen LogP contribution >= 0.6 is 0 Å². The average Bonchev–Trinajstić information content (AvgIpc) is 3.04. The fourth-order valence-corrected chi connectivity index (χ4v) is 3.23. The van der Waals surface area contributed by atoms with Crippen LogP contribution in [0.3, 0.4) is 0 Å². The first kappa shape index (κ1) is 19.0. The van der Waals surface area contributed by atoms with Crippen LogP contribution < -0.4 is 10.3 Å². The van der Waals surface area contributed by atoms with Crippen molar-refractivity contribution in [3.8, 4) is 5.69 Å². The van der Waals surface area contributed by atoms with Gasteiger partial charge >= 0.3 is 0 Å². The van der Waals surface area contributed by atoms with Crippen molar-refractivity contribution in [3.05, 3.63) is 59.3 Å². The zero-order valence-electron chi connectivity index (χ0n) is 16.3. The van der Waals surface area contributed by atoms with Crippen molar-refractivity contribution in [1.29, 1.82) is 0 Å². The van der Waals surface area contributed by atoms with Gasteiger partial charge in [0.15, 0.2) is 11.6 Å². The van der Waals surface area contributed by atoms with Crippen molar-refractivity contribution in [2.75, 3.05) is 36.6 Å². The zero-order chi connectivity index (χ0) is 20.2. The lowest BCUT2D eigenvalue weighted by Crippen LogP contribution is -2.37. The Hall–Kier alpha value is -3.33. The highest BCUT2D eigenvalue weighted by atomic mass is 19.1. The third kappa shape index (κ3) is 4.09. The van der Waals surface area contributed by atoms with Gasteiger partial charge in [0.05, 0.1) is 42.7 Å². The summed E-state index contributed by atoms with van der Waals surface area (Å²) in [4.78, 5) is 10.1. The van der Waals surface area contributed by atoms with Gasteiger partial charge < -0.3 is 9.64 Å². The van der Waals surface area contributed by atoms with Crippen LogP contribution in [0.1, 0.15) is 17.0 Å². The van der Waals surface area contributed by atoms with Crippen LogP contribution in [-0.4, -0.2) is 52.3 Å². The van der Waals surface area contributed by atoms with E-state index in [-0.39, 0.29) is 11.8 Å². The summed E-state index contributed by atoms with van der Waals surface area (Å²) in [5.74, 6) is 0.0254. The molecule has 150 valence electrons. The molecule has 29 heavy (non-hydrogen) atoms. The number of para-hydroxylation sites is 1. The predicted molar refractivity (Wildman–Crippen MR) is 109 cm³/mol. The topological polar surface area (TPSA) is 80.5 Å². The van der Waals surface area contributed by atoms with E-state index in [0.717, 1.165) is 28.8 Å². The normalized spacial score (nSPS) is 14.5. The third-order valence-corrected chi connectivity index (χ3v) is 4.74. The van der Waals surface area contributed by atoms with E-state index in [1.807, 2.05) is 53.8 Å². The Balaban J connectivity index is 1.52. The second-order valence-corrected chi connectivity index (χ2v) is 6.67. The molecule has 1 fully saturated rings. The number of hydrazone groups is 1. The zero-order valence-corrected chi connectivity index (χ0v) is 16.3. The highest BCUT2D eigenvalue weighted by Gasteiger charge is 2.18. The molecule has 2 aromatic heterocycles. The molecule has 0 aliphatic carbocycles. The minimum atomic E-state index is -0.461. The highest BCUT2D eigenvalue weighted by Crippen LogP contribution is 2.19. The van der Waals surface area contributed by atoms with Crippen molar-refractivity contribution >= 4 is 18.0 Å². The first-order valence-electron chi connectivity index (χ1n) is 9.39. The summed E-state index contributed by atoms with van der Waals surface area (Å²) >= 11 is 0. The van der Waals surface area contributed by atoms with E-state index >= 15 is 0 Å². The van der Waals surface area contributed by atoms with Crippen molar-refractivity contribution in [3.63, 3.8) is 0 Å². The van der Waals surface area contributed by atoms with Gasteiger partial charge in [-0.2, -0.15) is 15.2 Å². The van der Waals surface area contributed by atoms with Crippen molar-refractivity contribution < 1.29 is 9.13 Å². The minimum Gasteiger partial charge on any atom is -0.378 e. The molecule has 0 spiro atoms. The third-order valence-electron chi connectivity index (χ3n) is 4.74. The summed E-state index contributed by atoms with van der Waals surface area (Å²) in [5, 5.41) is 8.83. The number of rotatable bonds is 5. The Morgan fingerprint density at radius 3 is 2.69 bits per heavy atom. The van der Waals surface area contributed by atoms with E-state index in [1.54, 1.807) is 6.21 Å². The summed E-state index contributed by atoms with van der Waals surface area (Å²) in [6.07, 6.45) is 2.83. The Bertz CT molecular complexity index is 1010.